The van der Waals surface area contributed by atoms with E-state index >= 15 is 0 Å². The second-order valence-electron chi connectivity index (χ2n) is 6.71. The van der Waals surface area contributed by atoms with E-state index < -0.39 is 27.1 Å². The van der Waals surface area contributed by atoms with E-state index in [4.69, 9.17) is 0 Å². The molecular weight excluding hydrogens is 364 g/mol. The number of benzene rings is 2. The number of anilines is 1. The highest BCUT2D eigenvalue weighted by molar-refractivity contribution is 5.98. The van der Waals surface area contributed by atoms with Crippen LogP contribution >= 0.6 is 0 Å². The number of hydrogen-bond donors (Lipinski definition) is 0. The zero-order valence-corrected chi connectivity index (χ0v) is 15.6. The van der Waals surface area contributed by atoms with Crippen LogP contribution in [0.4, 0.5) is 17.1 Å². The van der Waals surface area contributed by atoms with Crippen LogP contribution in [0.3, 0.4) is 0 Å². The smallest absolute Gasteiger partial charge is 0.289 e. The number of carbonyl (C=O) groups excluding carboxylic acids is 1. The zero-order valence-electron chi connectivity index (χ0n) is 15.6. The Morgan fingerprint density at radius 1 is 0.964 bits per heavy atom. The first-order valence-electron chi connectivity index (χ1n) is 8.83. The molecule has 0 radical (unpaired) electrons. The van der Waals surface area contributed by atoms with Gasteiger partial charge in [0.2, 0.25) is 0 Å². The zero-order chi connectivity index (χ0) is 20.4. The Hall–Kier alpha value is -3.49. The van der Waals surface area contributed by atoms with Gasteiger partial charge in [-0.15, -0.1) is 0 Å². The van der Waals surface area contributed by atoms with Crippen molar-refractivity contribution in [3.63, 3.8) is 0 Å². The van der Waals surface area contributed by atoms with E-state index in [2.05, 4.69) is 11.8 Å². The average molecular weight is 384 g/mol. The molecule has 0 aromatic heterocycles. The summed E-state index contributed by atoms with van der Waals surface area (Å²) in [4.78, 5) is 37.2. The van der Waals surface area contributed by atoms with Crippen molar-refractivity contribution in [2.24, 2.45) is 0 Å². The number of piperazine rings is 1. The quantitative estimate of drug-likeness (QED) is 0.592. The lowest BCUT2D eigenvalue weighted by molar-refractivity contribution is -0.394. The maximum absolute atomic E-state index is 12.8. The highest BCUT2D eigenvalue weighted by Crippen LogP contribution is 2.27. The topological polar surface area (TPSA) is 110 Å². The fourth-order valence-corrected chi connectivity index (χ4v) is 3.36. The summed E-state index contributed by atoms with van der Waals surface area (Å²) in [6.45, 7) is 6.16. The molecule has 1 aliphatic heterocycles. The van der Waals surface area contributed by atoms with Crippen molar-refractivity contribution in [3.05, 3.63) is 73.3 Å². The third-order valence-corrected chi connectivity index (χ3v) is 5.10. The minimum Gasteiger partial charge on any atom is -0.368 e. The lowest BCUT2D eigenvalue weighted by Gasteiger charge is -2.37. The van der Waals surface area contributed by atoms with Crippen molar-refractivity contribution >= 4 is 23.0 Å². The number of nitro groups is 2. The third-order valence-electron chi connectivity index (χ3n) is 5.10. The van der Waals surface area contributed by atoms with Crippen molar-refractivity contribution in [1.29, 1.82) is 0 Å². The van der Waals surface area contributed by atoms with Gasteiger partial charge in [0, 0.05) is 37.9 Å². The molecule has 9 nitrogen and oxygen atoms in total. The second kappa shape index (κ2) is 7.63. The summed E-state index contributed by atoms with van der Waals surface area (Å²) < 4.78 is 0. The fourth-order valence-electron chi connectivity index (χ4n) is 3.36. The Labute approximate surface area is 161 Å². The predicted octanol–water partition coefficient (Wildman–Crippen LogP) is 3.08. The van der Waals surface area contributed by atoms with Gasteiger partial charge in [-0.25, -0.2) is 0 Å². The molecule has 1 aliphatic rings. The second-order valence-corrected chi connectivity index (χ2v) is 6.71. The van der Waals surface area contributed by atoms with E-state index in [9.17, 15) is 25.0 Å². The van der Waals surface area contributed by atoms with Crippen molar-refractivity contribution in [2.45, 2.75) is 13.8 Å². The van der Waals surface area contributed by atoms with Gasteiger partial charge >= 0.3 is 0 Å². The molecule has 28 heavy (non-hydrogen) atoms. The van der Waals surface area contributed by atoms with Crippen LogP contribution in [0.5, 0.6) is 0 Å². The lowest BCUT2D eigenvalue weighted by atomic mass is 10.1. The number of aryl methyl sites for hydroxylation is 1. The van der Waals surface area contributed by atoms with Crippen LogP contribution in [0.1, 0.15) is 21.5 Å². The molecule has 0 N–H and O–H groups in total. The van der Waals surface area contributed by atoms with Crippen molar-refractivity contribution < 1.29 is 14.6 Å². The summed E-state index contributed by atoms with van der Waals surface area (Å²) in [7, 11) is 0. The fraction of sp³-hybridized carbons (Fsp3) is 0.316. The number of nitrogens with zero attached hydrogens (tertiary/aromatic N) is 4. The molecule has 1 heterocycles. The third kappa shape index (κ3) is 3.64. The van der Waals surface area contributed by atoms with Crippen LogP contribution in [-0.4, -0.2) is 46.8 Å². The number of non-ortho nitro benzene ring substituents is 1. The highest BCUT2D eigenvalue weighted by atomic mass is 16.6. The lowest BCUT2D eigenvalue weighted by Crippen LogP contribution is -2.49. The van der Waals surface area contributed by atoms with Crippen LogP contribution in [0.2, 0.25) is 0 Å². The molecule has 1 amide bonds. The molecule has 1 fully saturated rings. The monoisotopic (exact) mass is 384 g/mol. The first-order valence-corrected chi connectivity index (χ1v) is 8.83. The summed E-state index contributed by atoms with van der Waals surface area (Å²) in [5.74, 6) is -0.484. The molecule has 2 aromatic rings. The van der Waals surface area contributed by atoms with Crippen LogP contribution in [-0.2, 0) is 0 Å². The van der Waals surface area contributed by atoms with E-state index in [1.165, 1.54) is 11.1 Å². The Balaban J connectivity index is 1.78. The Kier molecular flexibility index (Phi) is 5.25. The molecule has 0 saturated carbocycles. The van der Waals surface area contributed by atoms with Crippen LogP contribution in [0.15, 0.2) is 36.4 Å². The maximum atomic E-state index is 12.8. The molecule has 0 atom stereocenters. The van der Waals surface area contributed by atoms with Gasteiger partial charge in [0.05, 0.1) is 15.9 Å². The van der Waals surface area contributed by atoms with E-state index in [0.29, 0.717) is 26.2 Å². The number of hydrogen-bond acceptors (Lipinski definition) is 6. The molecule has 9 heteroatoms. The molecule has 1 saturated heterocycles. The van der Waals surface area contributed by atoms with E-state index in [-0.39, 0.29) is 5.56 Å². The summed E-state index contributed by atoms with van der Waals surface area (Å²) in [6, 6.07) is 9.20. The number of carbonyl (C=O) groups is 1. The molecule has 3 rings (SSSR count). The predicted molar refractivity (Wildman–Crippen MR) is 104 cm³/mol. The largest absolute Gasteiger partial charge is 0.368 e. The van der Waals surface area contributed by atoms with Gasteiger partial charge in [-0.3, -0.25) is 25.0 Å². The van der Waals surface area contributed by atoms with E-state index in [0.717, 1.165) is 23.9 Å². The van der Waals surface area contributed by atoms with Crippen LogP contribution in [0.25, 0.3) is 0 Å². The first-order chi connectivity index (χ1) is 13.3. The highest BCUT2D eigenvalue weighted by Gasteiger charge is 2.29. The molecule has 0 spiro atoms. The maximum Gasteiger partial charge on any atom is 0.289 e. The number of amides is 1. The van der Waals surface area contributed by atoms with Gasteiger partial charge in [-0.2, -0.15) is 0 Å². The van der Waals surface area contributed by atoms with Gasteiger partial charge in [-0.05, 0) is 37.1 Å². The SMILES string of the molecule is Cc1cccc(N2CCN(C(=O)c3ccc([N+](=O)[O-])cc3[N+](=O)[O-])CC2)c1C. The molecule has 0 bridgehead atoms. The van der Waals surface area contributed by atoms with Gasteiger partial charge in [0.25, 0.3) is 17.3 Å². The number of nitro benzene ring substituents is 2. The Bertz CT molecular complexity index is 951. The summed E-state index contributed by atoms with van der Waals surface area (Å²) >= 11 is 0. The molecule has 0 aliphatic carbocycles. The average Bonchev–Trinajstić information content (AvgIpc) is 2.69. The summed E-state index contributed by atoms with van der Waals surface area (Å²) in [6.07, 6.45) is 0. The van der Waals surface area contributed by atoms with E-state index in [1.54, 1.807) is 4.90 Å². The minimum absolute atomic E-state index is 0.129. The molecular formula is C19H20N4O5. The van der Waals surface area contributed by atoms with Crippen LogP contribution < -0.4 is 4.90 Å². The summed E-state index contributed by atoms with van der Waals surface area (Å²) in [5.41, 5.74) is 2.41. The molecule has 0 unspecified atom stereocenters. The standard InChI is InChI=1S/C19H20N4O5/c1-13-4-3-5-17(14(13)2)20-8-10-21(11-9-20)19(24)16-7-6-15(22(25)26)12-18(16)23(27)28/h3-7,12H,8-11H2,1-2H3. The number of rotatable bonds is 4. The molecule has 2 aromatic carbocycles. The van der Waals surface area contributed by atoms with Gasteiger partial charge in [0.15, 0.2) is 0 Å². The van der Waals surface area contributed by atoms with Crippen molar-refractivity contribution in [2.75, 3.05) is 31.1 Å². The Morgan fingerprint density at radius 3 is 2.25 bits per heavy atom. The molecule has 146 valence electrons. The van der Waals surface area contributed by atoms with Crippen molar-refractivity contribution in [3.8, 4) is 0 Å². The van der Waals surface area contributed by atoms with E-state index in [1.807, 2.05) is 25.1 Å². The minimum atomic E-state index is -0.757. The van der Waals surface area contributed by atoms with Gasteiger partial charge < -0.3 is 9.80 Å². The Morgan fingerprint density at radius 2 is 1.64 bits per heavy atom. The van der Waals surface area contributed by atoms with Gasteiger partial charge in [-0.1, -0.05) is 12.1 Å². The normalized spacial score (nSPS) is 14.1. The first kappa shape index (κ1) is 19.3. The summed E-state index contributed by atoms with van der Waals surface area (Å²) in [5, 5.41) is 22.2. The van der Waals surface area contributed by atoms with Crippen molar-refractivity contribution in [1.82, 2.24) is 4.90 Å². The van der Waals surface area contributed by atoms with Crippen LogP contribution in [0, 0.1) is 34.1 Å². The van der Waals surface area contributed by atoms with Gasteiger partial charge in [0.1, 0.15) is 5.56 Å².